The summed E-state index contributed by atoms with van der Waals surface area (Å²) >= 11 is 0. The molecule has 0 saturated carbocycles. The molecule has 1 fully saturated rings. The molecule has 1 heterocycles. The number of piperazine rings is 1. The van der Waals surface area contributed by atoms with E-state index in [0.29, 0.717) is 0 Å². The molecule has 1 aliphatic rings. The third-order valence-electron chi connectivity index (χ3n) is 6.54. The van der Waals surface area contributed by atoms with Crippen molar-refractivity contribution in [3.05, 3.63) is 0 Å². The van der Waals surface area contributed by atoms with Crippen LogP contribution in [0.4, 0.5) is 0 Å². The number of nitrogens with one attached hydrogen (secondary N) is 1. The van der Waals surface area contributed by atoms with E-state index in [9.17, 15) is 0 Å². The van der Waals surface area contributed by atoms with Gasteiger partial charge in [-0.25, -0.2) is 0 Å². The fourth-order valence-corrected chi connectivity index (χ4v) is 4.53. The first kappa shape index (κ1) is 26.0. The number of hydrogen-bond donors (Lipinski definition) is 1. The molecule has 2 heteroatoms. The lowest BCUT2D eigenvalue weighted by molar-refractivity contribution is 0.236. The topological polar surface area (TPSA) is 15.3 Å². The first-order chi connectivity index (χ1) is 13.9. The molecule has 0 bridgehead atoms. The van der Waals surface area contributed by atoms with Gasteiger partial charge >= 0.3 is 0 Å². The standard InChI is InChI=1S/C26H54N2/c1-2-3-4-5-6-7-8-9-10-11-12-13-14-15-16-17-18-19-20-21-24-28-25-22-27-23-26-28/h27H,2-26H2,1H3. The smallest absolute Gasteiger partial charge is 0.0107 e. The largest absolute Gasteiger partial charge is 0.314 e. The van der Waals surface area contributed by atoms with Crippen LogP contribution in [0.25, 0.3) is 0 Å². The lowest BCUT2D eigenvalue weighted by atomic mass is 10.0. The van der Waals surface area contributed by atoms with Gasteiger partial charge < -0.3 is 10.2 Å². The highest BCUT2D eigenvalue weighted by molar-refractivity contribution is 4.67. The third kappa shape index (κ3) is 18.0. The van der Waals surface area contributed by atoms with Gasteiger partial charge in [-0.3, -0.25) is 0 Å². The van der Waals surface area contributed by atoms with E-state index in [1.54, 1.807) is 0 Å². The van der Waals surface area contributed by atoms with Crippen molar-refractivity contribution < 1.29 is 0 Å². The van der Waals surface area contributed by atoms with E-state index in [1.165, 1.54) is 161 Å². The Labute approximate surface area is 178 Å². The second-order valence-electron chi connectivity index (χ2n) is 9.31. The van der Waals surface area contributed by atoms with Gasteiger partial charge in [-0.2, -0.15) is 0 Å². The number of nitrogens with zero attached hydrogens (tertiary/aromatic N) is 1. The Morgan fingerprint density at radius 1 is 0.464 bits per heavy atom. The fourth-order valence-electron chi connectivity index (χ4n) is 4.53. The third-order valence-corrected chi connectivity index (χ3v) is 6.54. The minimum atomic E-state index is 1.19. The van der Waals surface area contributed by atoms with Crippen LogP contribution in [-0.2, 0) is 0 Å². The monoisotopic (exact) mass is 394 g/mol. The van der Waals surface area contributed by atoms with Crippen molar-refractivity contribution in [1.82, 2.24) is 10.2 Å². The van der Waals surface area contributed by atoms with Gasteiger partial charge in [0.2, 0.25) is 0 Å². The van der Waals surface area contributed by atoms with E-state index < -0.39 is 0 Å². The van der Waals surface area contributed by atoms with Crippen LogP contribution in [0.5, 0.6) is 0 Å². The van der Waals surface area contributed by atoms with Crippen molar-refractivity contribution in [2.24, 2.45) is 0 Å². The van der Waals surface area contributed by atoms with Crippen molar-refractivity contribution in [2.75, 3.05) is 32.7 Å². The Balaban J connectivity index is 1.64. The van der Waals surface area contributed by atoms with Crippen LogP contribution >= 0.6 is 0 Å². The van der Waals surface area contributed by atoms with E-state index in [0.717, 1.165) is 0 Å². The van der Waals surface area contributed by atoms with Crippen LogP contribution in [-0.4, -0.2) is 37.6 Å². The van der Waals surface area contributed by atoms with Crippen molar-refractivity contribution in [3.8, 4) is 0 Å². The van der Waals surface area contributed by atoms with Gasteiger partial charge in [0, 0.05) is 26.2 Å². The maximum Gasteiger partial charge on any atom is 0.0107 e. The Morgan fingerprint density at radius 2 is 0.786 bits per heavy atom. The van der Waals surface area contributed by atoms with Crippen molar-refractivity contribution >= 4 is 0 Å². The highest BCUT2D eigenvalue weighted by atomic mass is 15.2. The molecule has 0 aromatic carbocycles. The van der Waals surface area contributed by atoms with Gasteiger partial charge in [0.25, 0.3) is 0 Å². The zero-order valence-electron chi connectivity index (χ0n) is 19.6. The van der Waals surface area contributed by atoms with Gasteiger partial charge in [-0.15, -0.1) is 0 Å². The van der Waals surface area contributed by atoms with Crippen LogP contribution in [0.15, 0.2) is 0 Å². The molecule has 1 aliphatic heterocycles. The molecule has 1 saturated heterocycles. The predicted molar refractivity (Wildman–Crippen MR) is 127 cm³/mol. The summed E-state index contributed by atoms with van der Waals surface area (Å²) in [5.41, 5.74) is 0. The molecule has 168 valence electrons. The lowest BCUT2D eigenvalue weighted by Gasteiger charge is -2.27. The summed E-state index contributed by atoms with van der Waals surface area (Å²) < 4.78 is 0. The summed E-state index contributed by atoms with van der Waals surface area (Å²) in [5.74, 6) is 0. The Kier molecular flexibility index (Phi) is 20.0. The number of hydrogen-bond acceptors (Lipinski definition) is 2. The molecule has 1 rings (SSSR count). The van der Waals surface area contributed by atoms with Crippen LogP contribution in [0.1, 0.15) is 135 Å². The fraction of sp³-hybridized carbons (Fsp3) is 1.00. The van der Waals surface area contributed by atoms with E-state index in [2.05, 4.69) is 17.1 Å². The molecule has 2 nitrogen and oxygen atoms in total. The molecule has 0 amide bonds. The molecule has 0 radical (unpaired) electrons. The van der Waals surface area contributed by atoms with Crippen molar-refractivity contribution in [2.45, 2.75) is 135 Å². The van der Waals surface area contributed by atoms with Crippen LogP contribution in [0, 0.1) is 0 Å². The number of rotatable bonds is 21. The molecule has 0 unspecified atom stereocenters. The maximum atomic E-state index is 3.44. The first-order valence-corrected chi connectivity index (χ1v) is 13.4. The Morgan fingerprint density at radius 3 is 1.14 bits per heavy atom. The molecule has 0 aliphatic carbocycles. The van der Waals surface area contributed by atoms with Crippen LogP contribution in [0.3, 0.4) is 0 Å². The summed E-state index contributed by atoms with van der Waals surface area (Å²) in [6, 6.07) is 0. The zero-order chi connectivity index (χ0) is 20.0. The van der Waals surface area contributed by atoms with Crippen molar-refractivity contribution in [3.63, 3.8) is 0 Å². The highest BCUT2D eigenvalue weighted by Crippen LogP contribution is 2.14. The number of unbranched alkanes of at least 4 members (excludes halogenated alkanes) is 19. The van der Waals surface area contributed by atoms with Gasteiger partial charge in [-0.05, 0) is 13.0 Å². The quantitative estimate of drug-likeness (QED) is 0.200. The van der Waals surface area contributed by atoms with Crippen LogP contribution < -0.4 is 5.32 Å². The summed E-state index contributed by atoms with van der Waals surface area (Å²) in [4.78, 5) is 2.63. The van der Waals surface area contributed by atoms with Gasteiger partial charge in [0.05, 0.1) is 0 Å². The molecule has 1 N–H and O–H groups in total. The van der Waals surface area contributed by atoms with Gasteiger partial charge in [0.15, 0.2) is 0 Å². The minimum Gasteiger partial charge on any atom is -0.314 e. The van der Waals surface area contributed by atoms with Crippen molar-refractivity contribution in [1.29, 1.82) is 0 Å². The van der Waals surface area contributed by atoms with E-state index in [1.807, 2.05) is 0 Å². The normalized spacial score (nSPS) is 15.3. The van der Waals surface area contributed by atoms with Crippen LogP contribution in [0.2, 0.25) is 0 Å². The molecule has 0 spiro atoms. The molecule has 0 aromatic heterocycles. The summed E-state index contributed by atoms with van der Waals surface area (Å²) in [5, 5.41) is 3.44. The maximum absolute atomic E-state index is 3.44. The SMILES string of the molecule is CCCCCCCCCCCCCCCCCCCCCCN1CCNCC1. The van der Waals surface area contributed by atoms with E-state index in [4.69, 9.17) is 0 Å². The summed E-state index contributed by atoms with van der Waals surface area (Å²) in [7, 11) is 0. The molecular formula is C26H54N2. The van der Waals surface area contributed by atoms with Gasteiger partial charge in [0.1, 0.15) is 0 Å². The van der Waals surface area contributed by atoms with Gasteiger partial charge in [-0.1, -0.05) is 129 Å². The first-order valence-electron chi connectivity index (χ1n) is 13.4. The predicted octanol–water partition coefficient (Wildman–Crippen LogP) is 7.71. The summed E-state index contributed by atoms with van der Waals surface area (Å²) in [6.45, 7) is 8.55. The van der Waals surface area contributed by atoms with E-state index in [-0.39, 0.29) is 0 Å². The Hall–Kier alpha value is -0.0800. The minimum absolute atomic E-state index is 1.19. The zero-order valence-corrected chi connectivity index (χ0v) is 19.6. The lowest BCUT2D eigenvalue weighted by Crippen LogP contribution is -2.43. The Bertz CT molecular complexity index is 286. The molecule has 28 heavy (non-hydrogen) atoms. The highest BCUT2D eigenvalue weighted by Gasteiger charge is 2.07. The van der Waals surface area contributed by atoms with E-state index >= 15 is 0 Å². The molecule has 0 aromatic rings. The summed E-state index contributed by atoms with van der Waals surface area (Å²) in [6.07, 6.45) is 29.4. The average Bonchev–Trinajstić information content (AvgIpc) is 2.73. The average molecular weight is 395 g/mol. The molecule has 0 atom stereocenters. The second kappa shape index (κ2) is 21.6. The molecular weight excluding hydrogens is 340 g/mol. The second-order valence-corrected chi connectivity index (χ2v) is 9.31.